The van der Waals surface area contributed by atoms with Crippen LogP contribution in [0.2, 0.25) is 0 Å². The lowest BCUT2D eigenvalue weighted by atomic mass is 10.1. The van der Waals surface area contributed by atoms with Crippen molar-refractivity contribution in [2.45, 2.75) is 6.61 Å². The average Bonchev–Trinajstić information content (AvgIpc) is 3.29. The van der Waals surface area contributed by atoms with Crippen LogP contribution in [-0.4, -0.2) is 5.78 Å². The maximum absolute atomic E-state index is 12.4. The Morgan fingerprint density at radius 3 is 2.65 bits per heavy atom. The van der Waals surface area contributed by atoms with E-state index in [-0.39, 0.29) is 11.5 Å². The topological polar surface area (TPSA) is 48.7 Å². The van der Waals surface area contributed by atoms with Crippen LogP contribution in [0.5, 0.6) is 11.5 Å². The number of rotatable bonds is 5. The number of ketones is 1. The third-order valence-electron chi connectivity index (χ3n) is 4.08. The molecule has 26 heavy (non-hydrogen) atoms. The Balaban J connectivity index is 1.48. The van der Waals surface area contributed by atoms with Gasteiger partial charge in [-0.1, -0.05) is 36.9 Å². The molecule has 0 aliphatic carbocycles. The first kappa shape index (κ1) is 16.0. The van der Waals surface area contributed by atoms with E-state index in [0.29, 0.717) is 29.4 Å². The standard InChI is InChI=1S/C22H16O4/c1-2-15-5-7-16(8-6-15)14-25-18-9-10-19-20(12-18)26-21(22(19)23)13-17-4-3-11-24-17/h2-13H,1,14H2/b21-13-. The molecule has 1 aliphatic rings. The zero-order valence-electron chi connectivity index (χ0n) is 14.0. The van der Waals surface area contributed by atoms with Crippen LogP contribution in [0.4, 0.5) is 0 Å². The van der Waals surface area contributed by atoms with Gasteiger partial charge in [0.25, 0.3) is 0 Å². The number of carbonyl (C=O) groups is 1. The monoisotopic (exact) mass is 344 g/mol. The first-order valence-corrected chi connectivity index (χ1v) is 8.19. The lowest BCUT2D eigenvalue weighted by molar-refractivity contribution is 0.101. The molecule has 0 amide bonds. The van der Waals surface area contributed by atoms with Gasteiger partial charge in [-0.2, -0.15) is 0 Å². The molecule has 4 heteroatoms. The molecule has 3 aromatic rings. The van der Waals surface area contributed by atoms with Gasteiger partial charge in [-0.15, -0.1) is 0 Å². The Morgan fingerprint density at radius 1 is 1.08 bits per heavy atom. The van der Waals surface area contributed by atoms with E-state index in [9.17, 15) is 4.79 Å². The molecule has 0 saturated heterocycles. The van der Waals surface area contributed by atoms with Crippen molar-refractivity contribution < 1.29 is 18.7 Å². The second kappa shape index (κ2) is 6.76. The van der Waals surface area contributed by atoms with Gasteiger partial charge in [0, 0.05) is 12.1 Å². The second-order valence-corrected chi connectivity index (χ2v) is 5.85. The van der Waals surface area contributed by atoms with Crippen molar-refractivity contribution in [2.24, 2.45) is 0 Å². The molecule has 0 fully saturated rings. The van der Waals surface area contributed by atoms with Gasteiger partial charge < -0.3 is 13.9 Å². The first-order chi connectivity index (χ1) is 12.7. The molecule has 0 spiro atoms. The summed E-state index contributed by atoms with van der Waals surface area (Å²) in [6.45, 7) is 4.17. The van der Waals surface area contributed by atoms with Crippen molar-refractivity contribution in [1.29, 1.82) is 0 Å². The highest BCUT2D eigenvalue weighted by molar-refractivity contribution is 6.14. The summed E-state index contributed by atoms with van der Waals surface area (Å²) < 4.78 is 16.7. The van der Waals surface area contributed by atoms with E-state index < -0.39 is 0 Å². The zero-order valence-corrected chi connectivity index (χ0v) is 14.0. The minimum absolute atomic E-state index is 0.164. The molecule has 128 valence electrons. The number of allylic oxidation sites excluding steroid dienone is 1. The molecular formula is C22H16O4. The fourth-order valence-corrected chi connectivity index (χ4v) is 2.68. The van der Waals surface area contributed by atoms with E-state index in [2.05, 4.69) is 6.58 Å². The molecule has 0 saturated carbocycles. The zero-order chi connectivity index (χ0) is 17.9. The summed E-state index contributed by atoms with van der Waals surface area (Å²) in [6.07, 6.45) is 4.93. The Morgan fingerprint density at radius 2 is 1.92 bits per heavy atom. The minimum Gasteiger partial charge on any atom is -0.489 e. The number of furan rings is 1. The van der Waals surface area contributed by atoms with Gasteiger partial charge in [0.15, 0.2) is 5.76 Å². The fourth-order valence-electron chi connectivity index (χ4n) is 2.68. The maximum atomic E-state index is 12.4. The SMILES string of the molecule is C=Cc1ccc(COc2ccc3c(c2)O/C(=C\c2ccco2)C3=O)cc1. The summed E-state index contributed by atoms with van der Waals surface area (Å²) in [5.41, 5.74) is 2.63. The lowest BCUT2D eigenvalue weighted by Gasteiger charge is -2.07. The Bertz CT molecular complexity index is 979. The summed E-state index contributed by atoms with van der Waals surface area (Å²) in [7, 11) is 0. The van der Waals surface area contributed by atoms with Gasteiger partial charge in [-0.05, 0) is 35.4 Å². The lowest BCUT2D eigenvalue weighted by Crippen LogP contribution is -1.97. The van der Waals surface area contributed by atoms with E-state index in [0.717, 1.165) is 11.1 Å². The highest BCUT2D eigenvalue weighted by Gasteiger charge is 2.28. The van der Waals surface area contributed by atoms with E-state index in [1.54, 1.807) is 48.7 Å². The molecule has 1 aliphatic heterocycles. The van der Waals surface area contributed by atoms with Crippen molar-refractivity contribution in [1.82, 2.24) is 0 Å². The highest BCUT2D eigenvalue weighted by Crippen LogP contribution is 2.35. The molecule has 4 rings (SSSR count). The third-order valence-corrected chi connectivity index (χ3v) is 4.08. The second-order valence-electron chi connectivity index (χ2n) is 5.85. The Kier molecular flexibility index (Phi) is 4.15. The van der Waals surface area contributed by atoms with E-state index >= 15 is 0 Å². The van der Waals surface area contributed by atoms with Crippen LogP contribution in [0.3, 0.4) is 0 Å². The number of ether oxygens (including phenoxy) is 2. The van der Waals surface area contributed by atoms with Crippen molar-refractivity contribution in [3.05, 3.63) is 95.6 Å². The molecule has 0 bridgehead atoms. The summed E-state index contributed by atoms with van der Waals surface area (Å²) in [5.74, 6) is 1.78. The van der Waals surface area contributed by atoms with Crippen LogP contribution < -0.4 is 9.47 Å². The molecule has 2 aromatic carbocycles. The highest BCUT2D eigenvalue weighted by atomic mass is 16.5. The summed E-state index contributed by atoms with van der Waals surface area (Å²) in [4.78, 5) is 12.4. The molecule has 4 nitrogen and oxygen atoms in total. The molecule has 1 aromatic heterocycles. The van der Waals surface area contributed by atoms with Crippen LogP contribution in [0.1, 0.15) is 27.2 Å². The summed E-state index contributed by atoms with van der Waals surface area (Å²) >= 11 is 0. The number of fused-ring (bicyclic) bond motifs is 1. The number of hydrogen-bond donors (Lipinski definition) is 0. The quantitative estimate of drug-likeness (QED) is 0.603. The van der Waals surface area contributed by atoms with Crippen LogP contribution in [0.25, 0.3) is 12.2 Å². The van der Waals surface area contributed by atoms with Crippen molar-refractivity contribution in [3.63, 3.8) is 0 Å². The van der Waals surface area contributed by atoms with Gasteiger partial charge in [0.2, 0.25) is 5.78 Å². The molecule has 0 atom stereocenters. The van der Waals surface area contributed by atoms with E-state index in [1.165, 1.54) is 0 Å². The predicted molar refractivity (Wildman–Crippen MR) is 99.0 cm³/mol. The van der Waals surface area contributed by atoms with Gasteiger partial charge >= 0.3 is 0 Å². The van der Waals surface area contributed by atoms with Crippen molar-refractivity contribution >= 4 is 17.9 Å². The number of Topliss-reactive ketones (excluding diaryl/α,β-unsaturated/α-hetero) is 1. The van der Waals surface area contributed by atoms with Crippen LogP contribution in [0.15, 0.2) is 77.6 Å². The molecule has 0 radical (unpaired) electrons. The van der Waals surface area contributed by atoms with Crippen molar-refractivity contribution in [2.75, 3.05) is 0 Å². The molecule has 0 N–H and O–H groups in total. The number of benzene rings is 2. The van der Waals surface area contributed by atoms with Crippen LogP contribution >= 0.6 is 0 Å². The normalized spacial score (nSPS) is 14.2. The average molecular weight is 344 g/mol. The first-order valence-electron chi connectivity index (χ1n) is 8.19. The van der Waals surface area contributed by atoms with Crippen LogP contribution in [-0.2, 0) is 6.61 Å². The fraction of sp³-hybridized carbons (Fsp3) is 0.0455. The van der Waals surface area contributed by atoms with E-state index in [4.69, 9.17) is 13.9 Å². The largest absolute Gasteiger partial charge is 0.489 e. The Labute approximate surface area is 151 Å². The van der Waals surface area contributed by atoms with Gasteiger partial charge in [-0.25, -0.2) is 0 Å². The predicted octanol–water partition coefficient (Wildman–Crippen LogP) is 5.12. The molecule has 0 unspecified atom stereocenters. The van der Waals surface area contributed by atoms with Crippen molar-refractivity contribution in [3.8, 4) is 11.5 Å². The molecule has 2 heterocycles. The van der Waals surface area contributed by atoms with Crippen LogP contribution in [0, 0.1) is 0 Å². The van der Waals surface area contributed by atoms with Gasteiger partial charge in [0.1, 0.15) is 23.9 Å². The number of hydrogen-bond acceptors (Lipinski definition) is 4. The summed E-state index contributed by atoms with van der Waals surface area (Å²) in [5, 5.41) is 0. The minimum atomic E-state index is -0.164. The van der Waals surface area contributed by atoms with E-state index in [1.807, 2.05) is 24.3 Å². The molecular weight excluding hydrogens is 328 g/mol. The smallest absolute Gasteiger partial charge is 0.232 e. The number of carbonyl (C=O) groups excluding carboxylic acids is 1. The van der Waals surface area contributed by atoms with Gasteiger partial charge in [0.05, 0.1) is 11.8 Å². The Hall–Kier alpha value is -3.53. The van der Waals surface area contributed by atoms with Gasteiger partial charge in [-0.3, -0.25) is 4.79 Å². The maximum Gasteiger partial charge on any atom is 0.232 e. The third kappa shape index (κ3) is 3.17. The summed E-state index contributed by atoms with van der Waals surface area (Å²) in [6, 6.07) is 16.7.